The summed E-state index contributed by atoms with van der Waals surface area (Å²) >= 11 is 0. The number of likely N-dealkylation sites (N-methyl/N-ethyl adjacent to an activating group) is 1. The molecule has 6 heteroatoms. The first-order valence-corrected chi connectivity index (χ1v) is 7.63. The van der Waals surface area contributed by atoms with Crippen molar-refractivity contribution in [2.45, 2.75) is 31.7 Å². The Balaban J connectivity index is 0.000000204. The van der Waals surface area contributed by atoms with E-state index in [0.29, 0.717) is 6.04 Å². The molecule has 1 atom stereocenters. The lowest BCUT2D eigenvalue weighted by atomic mass is 10.2. The van der Waals surface area contributed by atoms with Crippen molar-refractivity contribution < 1.29 is 13.0 Å². The summed E-state index contributed by atoms with van der Waals surface area (Å²) in [4.78, 5) is 6.13. The summed E-state index contributed by atoms with van der Waals surface area (Å²) in [7, 11) is -1.99. The fourth-order valence-corrected chi connectivity index (χ4v) is 1.99. The van der Waals surface area contributed by atoms with Crippen LogP contribution in [0.25, 0.3) is 0 Å². The van der Waals surface area contributed by atoms with E-state index in [0.717, 1.165) is 11.3 Å². The zero-order valence-corrected chi connectivity index (χ0v) is 12.9. The van der Waals surface area contributed by atoms with Gasteiger partial charge < -0.3 is 4.90 Å². The second-order valence-electron chi connectivity index (χ2n) is 4.75. The van der Waals surface area contributed by atoms with Crippen LogP contribution in [0, 0.1) is 6.92 Å². The SMILES string of the molecule is CC1=CC(C)N(C)C=N1.Cc1ccc(S(=O)(=O)O)cc1. The average molecular weight is 296 g/mol. The Morgan fingerprint density at radius 3 is 2.15 bits per heavy atom. The Morgan fingerprint density at radius 1 is 1.20 bits per heavy atom. The summed E-state index contributed by atoms with van der Waals surface area (Å²) in [6.45, 7) is 6.00. The first-order chi connectivity index (χ1) is 9.20. The van der Waals surface area contributed by atoms with Gasteiger partial charge in [0.05, 0.1) is 11.2 Å². The molecule has 0 saturated heterocycles. The molecule has 1 aliphatic rings. The summed E-state index contributed by atoms with van der Waals surface area (Å²) in [6, 6.07) is 6.49. The fourth-order valence-electron chi connectivity index (χ4n) is 1.51. The lowest BCUT2D eigenvalue weighted by Crippen LogP contribution is -2.28. The van der Waals surface area contributed by atoms with E-state index in [4.69, 9.17) is 4.55 Å². The minimum absolute atomic E-state index is 0.0666. The summed E-state index contributed by atoms with van der Waals surface area (Å²) in [6.07, 6.45) is 4.00. The number of aryl methyl sites for hydroxylation is 1. The summed E-state index contributed by atoms with van der Waals surface area (Å²) in [5.41, 5.74) is 2.07. The van der Waals surface area contributed by atoms with Gasteiger partial charge in [-0.15, -0.1) is 0 Å². The van der Waals surface area contributed by atoms with Crippen molar-refractivity contribution in [2.75, 3.05) is 7.05 Å². The first-order valence-electron chi connectivity index (χ1n) is 6.19. The molecule has 0 amide bonds. The van der Waals surface area contributed by atoms with Crippen LogP contribution in [0.2, 0.25) is 0 Å². The van der Waals surface area contributed by atoms with E-state index in [-0.39, 0.29) is 4.90 Å². The molecule has 0 saturated carbocycles. The monoisotopic (exact) mass is 296 g/mol. The highest BCUT2D eigenvalue weighted by Gasteiger charge is 2.07. The first kappa shape index (κ1) is 16.4. The normalized spacial score (nSPS) is 18.1. The third kappa shape index (κ3) is 5.14. The van der Waals surface area contributed by atoms with E-state index in [1.165, 1.54) is 12.1 Å². The van der Waals surface area contributed by atoms with Crippen molar-refractivity contribution in [3.05, 3.63) is 41.6 Å². The van der Waals surface area contributed by atoms with Gasteiger partial charge in [0.25, 0.3) is 10.1 Å². The number of rotatable bonds is 1. The van der Waals surface area contributed by atoms with Gasteiger partial charge in [-0.3, -0.25) is 4.55 Å². The topological polar surface area (TPSA) is 70.0 Å². The van der Waals surface area contributed by atoms with Crippen molar-refractivity contribution in [3.8, 4) is 0 Å². The van der Waals surface area contributed by atoms with Gasteiger partial charge in [-0.05, 0) is 39.0 Å². The molecule has 5 nitrogen and oxygen atoms in total. The van der Waals surface area contributed by atoms with Crippen LogP contribution in [0.3, 0.4) is 0 Å². The van der Waals surface area contributed by atoms with Crippen molar-refractivity contribution in [1.29, 1.82) is 0 Å². The highest BCUT2D eigenvalue weighted by atomic mass is 32.2. The third-order valence-electron chi connectivity index (χ3n) is 2.89. The van der Waals surface area contributed by atoms with Crippen LogP contribution in [0.5, 0.6) is 0 Å². The fraction of sp³-hybridized carbons (Fsp3) is 0.357. The number of hydrogen-bond acceptors (Lipinski definition) is 4. The quantitative estimate of drug-likeness (QED) is 0.808. The van der Waals surface area contributed by atoms with Crippen LogP contribution in [0.1, 0.15) is 19.4 Å². The Bertz CT molecular complexity index is 604. The van der Waals surface area contributed by atoms with Crippen LogP contribution in [0.4, 0.5) is 0 Å². The van der Waals surface area contributed by atoms with Crippen LogP contribution < -0.4 is 0 Å². The summed E-state index contributed by atoms with van der Waals surface area (Å²) < 4.78 is 29.6. The molecule has 0 aromatic heterocycles. The predicted octanol–water partition coefficient (Wildman–Crippen LogP) is 2.49. The predicted molar refractivity (Wildman–Crippen MR) is 80.5 cm³/mol. The maximum absolute atomic E-state index is 10.5. The molecule has 0 bridgehead atoms. The van der Waals surface area contributed by atoms with Gasteiger partial charge in [0.15, 0.2) is 0 Å². The second-order valence-corrected chi connectivity index (χ2v) is 6.17. The largest absolute Gasteiger partial charge is 0.359 e. The number of aliphatic imine (C=N–C) groups is 1. The smallest absolute Gasteiger partial charge is 0.294 e. The van der Waals surface area contributed by atoms with E-state index in [1.807, 2.05) is 27.2 Å². The Kier molecular flexibility index (Phi) is 5.47. The lowest BCUT2D eigenvalue weighted by molar-refractivity contribution is 0.456. The number of hydrogen-bond donors (Lipinski definition) is 1. The van der Waals surface area contributed by atoms with Gasteiger partial charge >= 0.3 is 0 Å². The zero-order valence-electron chi connectivity index (χ0n) is 12.1. The minimum Gasteiger partial charge on any atom is -0.359 e. The number of allylic oxidation sites excluding steroid dienone is 1. The van der Waals surface area contributed by atoms with Gasteiger partial charge in [-0.25, -0.2) is 4.99 Å². The van der Waals surface area contributed by atoms with Crippen molar-refractivity contribution in [3.63, 3.8) is 0 Å². The maximum Gasteiger partial charge on any atom is 0.294 e. The molecule has 20 heavy (non-hydrogen) atoms. The Morgan fingerprint density at radius 2 is 1.75 bits per heavy atom. The van der Waals surface area contributed by atoms with Crippen LogP contribution >= 0.6 is 0 Å². The molecule has 1 aromatic carbocycles. The zero-order chi connectivity index (χ0) is 15.3. The standard InChI is InChI=1S/C7H12N2.C7H8O3S/c1-6-4-7(2)9(3)5-8-6;1-6-2-4-7(5-3-6)11(8,9)10/h4-5,7H,1-3H3;2-5H,1H3,(H,8,9,10). The molecule has 1 aliphatic heterocycles. The van der Waals surface area contributed by atoms with Gasteiger partial charge in [-0.2, -0.15) is 8.42 Å². The Hall–Kier alpha value is -1.66. The molecular weight excluding hydrogens is 276 g/mol. The van der Waals surface area contributed by atoms with Crippen molar-refractivity contribution in [2.24, 2.45) is 4.99 Å². The molecule has 110 valence electrons. The summed E-state index contributed by atoms with van der Waals surface area (Å²) in [5.74, 6) is 0. The van der Waals surface area contributed by atoms with Crippen LogP contribution in [-0.4, -0.2) is 37.3 Å². The van der Waals surface area contributed by atoms with Crippen LogP contribution in [-0.2, 0) is 10.1 Å². The highest BCUT2D eigenvalue weighted by molar-refractivity contribution is 7.85. The van der Waals surface area contributed by atoms with Crippen molar-refractivity contribution >= 4 is 16.5 Å². The lowest BCUT2D eigenvalue weighted by Gasteiger charge is -2.22. The van der Waals surface area contributed by atoms with Gasteiger partial charge in [0.1, 0.15) is 0 Å². The van der Waals surface area contributed by atoms with Crippen LogP contribution in [0.15, 0.2) is 45.9 Å². The van der Waals surface area contributed by atoms with Gasteiger partial charge in [0, 0.05) is 18.8 Å². The molecule has 0 fully saturated rings. The van der Waals surface area contributed by atoms with E-state index in [9.17, 15) is 8.42 Å². The third-order valence-corrected chi connectivity index (χ3v) is 3.76. The van der Waals surface area contributed by atoms with Gasteiger partial charge in [0.2, 0.25) is 0 Å². The molecule has 0 aliphatic carbocycles. The molecule has 1 aromatic rings. The van der Waals surface area contributed by atoms with Crippen molar-refractivity contribution in [1.82, 2.24) is 4.90 Å². The molecular formula is C14H20N2O3S. The average Bonchev–Trinajstić information content (AvgIpc) is 2.34. The van der Waals surface area contributed by atoms with E-state index >= 15 is 0 Å². The minimum atomic E-state index is -4.02. The maximum atomic E-state index is 10.5. The van der Waals surface area contributed by atoms with E-state index in [1.54, 1.807) is 12.1 Å². The number of nitrogens with zero attached hydrogens (tertiary/aromatic N) is 2. The second kappa shape index (κ2) is 6.67. The summed E-state index contributed by atoms with van der Waals surface area (Å²) in [5, 5.41) is 0. The molecule has 1 heterocycles. The molecule has 1 N–H and O–H groups in total. The molecule has 2 rings (SSSR count). The molecule has 0 spiro atoms. The van der Waals surface area contributed by atoms with E-state index in [2.05, 4.69) is 22.9 Å². The Labute approximate surface area is 120 Å². The van der Waals surface area contributed by atoms with Gasteiger partial charge in [-0.1, -0.05) is 17.7 Å². The number of benzene rings is 1. The molecule has 1 unspecified atom stereocenters. The highest BCUT2D eigenvalue weighted by Crippen LogP contribution is 2.08. The molecule has 0 radical (unpaired) electrons. The van der Waals surface area contributed by atoms with E-state index < -0.39 is 10.1 Å².